The van der Waals surface area contributed by atoms with E-state index in [-0.39, 0.29) is 17.2 Å². The molecule has 0 spiro atoms. The van der Waals surface area contributed by atoms with Crippen LogP contribution in [0.3, 0.4) is 0 Å². The van der Waals surface area contributed by atoms with Crippen LogP contribution in [0.2, 0.25) is 0 Å². The first-order chi connectivity index (χ1) is 10.5. The van der Waals surface area contributed by atoms with Crippen molar-refractivity contribution in [2.75, 3.05) is 17.3 Å². The summed E-state index contributed by atoms with van der Waals surface area (Å²) in [5.41, 5.74) is -0.0851. The Morgan fingerprint density at radius 1 is 1.39 bits per heavy atom. The smallest absolute Gasteiger partial charge is 0.216 e. The van der Waals surface area contributed by atoms with Gasteiger partial charge in [-0.05, 0) is 6.92 Å². The predicted molar refractivity (Wildman–Crippen MR) is 89.2 cm³/mol. The highest BCUT2D eigenvalue weighted by Gasteiger charge is 2.21. The van der Waals surface area contributed by atoms with Gasteiger partial charge in [-0.3, -0.25) is 4.68 Å². The van der Waals surface area contributed by atoms with Crippen molar-refractivity contribution < 1.29 is 12.8 Å². The molecule has 1 atom stereocenters. The van der Waals surface area contributed by atoms with Crippen molar-refractivity contribution in [2.45, 2.75) is 45.7 Å². The van der Waals surface area contributed by atoms with Gasteiger partial charge in [0.25, 0.3) is 0 Å². The van der Waals surface area contributed by atoms with Crippen LogP contribution in [-0.2, 0) is 21.8 Å². The van der Waals surface area contributed by atoms with Crippen LogP contribution in [0.4, 0.5) is 5.82 Å². The summed E-state index contributed by atoms with van der Waals surface area (Å²) >= 11 is 0. The van der Waals surface area contributed by atoms with Crippen LogP contribution in [0.15, 0.2) is 22.9 Å². The lowest BCUT2D eigenvalue weighted by atomic mass is 9.94. The van der Waals surface area contributed by atoms with Crippen LogP contribution in [-0.4, -0.2) is 35.2 Å². The van der Waals surface area contributed by atoms with Crippen LogP contribution in [0.5, 0.6) is 0 Å². The second-order valence-corrected chi connectivity index (χ2v) is 9.03. The van der Waals surface area contributed by atoms with E-state index in [0.717, 1.165) is 5.76 Å². The lowest BCUT2D eigenvalue weighted by molar-refractivity contribution is 0.374. The molecule has 0 saturated carbocycles. The van der Waals surface area contributed by atoms with Crippen molar-refractivity contribution in [3.8, 4) is 0 Å². The number of oxazole rings is 1. The number of hydrogen-bond donors (Lipinski definition) is 1. The summed E-state index contributed by atoms with van der Waals surface area (Å²) in [7, 11) is -3.00. The van der Waals surface area contributed by atoms with E-state index in [1.807, 2.05) is 6.92 Å². The standard InChI is InChI=1S/C15H24N4O3S/c1-11(14-16-10-12(22-14)15(2,3)4)17-13-6-7-19(18-13)8-9-23(5,20)21/h6-7,10-11H,8-9H2,1-5H3,(H,17,18). The molecule has 0 bridgehead atoms. The van der Waals surface area contributed by atoms with Crippen molar-refractivity contribution in [1.82, 2.24) is 14.8 Å². The van der Waals surface area contributed by atoms with Gasteiger partial charge in [0.15, 0.2) is 0 Å². The molecule has 23 heavy (non-hydrogen) atoms. The highest BCUT2D eigenvalue weighted by molar-refractivity contribution is 7.90. The summed E-state index contributed by atoms with van der Waals surface area (Å²) < 4.78 is 29.8. The van der Waals surface area contributed by atoms with Gasteiger partial charge in [-0.15, -0.1) is 0 Å². The van der Waals surface area contributed by atoms with E-state index in [9.17, 15) is 8.42 Å². The van der Waals surface area contributed by atoms with Crippen molar-refractivity contribution in [3.05, 3.63) is 30.1 Å². The molecule has 128 valence electrons. The van der Waals surface area contributed by atoms with E-state index in [1.165, 1.54) is 6.26 Å². The zero-order chi connectivity index (χ0) is 17.3. The molecule has 1 N–H and O–H groups in total. The molecule has 0 aromatic carbocycles. The first-order valence-corrected chi connectivity index (χ1v) is 9.54. The Morgan fingerprint density at radius 2 is 2.09 bits per heavy atom. The highest BCUT2D eigenvalue weighted by Crippen LogP contribution is 2.25. The normalized spacial score (nSPS) is 14.0. The average molecular weight is 340 g/mol. The first-order valence-electron chi connectivity index (χ1n) is 7.48. The van der Waals surface area contributed by atoms with E-state index in [4.69, 9.17) is 4.42 Å². The van der Waals surface area contributed by atoms with Gasteiger partial charge in [0.1, 0.15) is 27.5 Å². The Balaban J connectivity index is 1.99. The van der Waals surface area contributed by atoms with Crippen LogP contribution in [0.25, 0.3) is 0 Å². The van der Waals surface area contributed by atoms with E-state index in [0.29, 0.717) is 18.3 Å². The summed E-state index contributed by atoms with van der Waals surface area (Å²) in [5, 5.41) is 7.51. The Labute approximate surface area is 137 Å². The maximum atomic E-state index is 11.2. The second-order valence-electron chi connectivity index (χ2n) is 6.77. The molecule has 8 heteroatoms. The molecular formula is C15H24N4O3S. The number of anilines is 1. The third-order valence-electron chi connectivity index (χ3n) is 3.33. The maximum absolute atomic E-state index is 11.2. The fourth-order valence-corrected chi connectivity index (χ4v) is 2.46. The van der Waals surface area contributed by atoms with Gasteiger partial charge >= 0.3 is 0 Å². The Kier molecular flexibility index (Phi) is 4.84. The van der Waals surface area contributed by atoms with Crippen molar-refractivity contribution in [3.63, 3.8) is 0 Å². The molecule has 1 unspecified atom stereocenters. The van der Waals surface area contributed by atoms with Crippen molar-refractivity contribution in [1.29, 1.82) is 0 Å². The summed E-state index contributed by atoms with van der Waals surface area (Å²) in [6.45, 7) is 8.48. The fraction of sp³-hybridized carbons (Fsp3) is 0.600. The largest absolute Gasteiger partial charge is 0.443 e. The molecule has 0 fully saturated rings. The number of sulfone groups is 1. The van der Waals surface area contributed by atoms with Gasteiger partial charge in [0.05, 0.1) is 18.5 Å². The molecule has 2 heterocycles. The quantitative estimate of drug-likeness (QED) is 0.868. The molecule has 0 radical (unpaired) electrons. The minimum atomic E-state index is -3.00. The Hall–Kier alpha value is -1.83. The van der Waals surface area contributed by atoms with Gasteiger partial charge in [-0.1, -0.05) is 20.8 Å². The number of nitrogens with zero attached hydrogens (tertiary/aromatic N) is 3. The number of aromatic nitrogens is 3. The van der Waals surface area contributed by atoms with E-state index < -0.39 is 9.84 Å². The summed E-state index contributed by atoms with van der Waals surface area (Å²) in [5.74, 6) is 2.15. The summed E-state index contributed by atoms with van der Waals surface area (Å²) in [6.07, 6.45) is 4.71. The van der Waals surface area contributed by atoms with Crippen LogP contribution in [0.1, 0.15) is 45.4 Å². The van der Waals surface area contributed by atoms with E-state index in [1.54, 1.807) is 23.1 Å². The minimum absolute atomic E-state index is 0.0678. The predicted octanol–water partition coefficient (Wildman–Crippen LogP) is 2.39. The molecular weight excluding hydrogens is 316 g/mol. The van der Waals surface area contributed by atoms with Crippen LogP contribution >= 0.6 is 0 Å². The molecule has 0 aliphatic carbocycles. The maximum Gasteiger partial charge on any atom is 0.216 e. The molecule has 7 nitrogen and oxygen atoms in total. The molecule has 2 aromatic rings. The van der Waals surface area contributed by atoms with Gasteiger partial charge in [-0.2, -0.15) is 5.10 Å². The second kappa shape index (κ2) is 6.35. The van der Waals surface area contributed by atoms with Gasteiger partial charge in [0, 0.05) is 23.9 Å². The monoisotopic (exact) mass is 340 g/mol. The summed E-state index contributed by atoms with van der Waals surface area (Å²) in [6, 6.07) is 1.66. The number of rotatable bonds is 6. The third kappa shape index (κ3) is 5.09. The zero-order valence-corrected chi connectivity index (χ0v) is 15.0. The van der Waals surface area contributed by atoms with Crippen LogP contribution in [0, 0.1) is 0 Å². The fourth-order valence-electron chi connectivity index (χ4n) is 1.94. The number of aryl methyl sites for hydroxylation is 1. The molecule has 0 aliphatic heterocycles. The average Bonchev–Trinajstić information content (AvgIpc) is 3.03. The Bertz CT molecular complexity index is 756. The number of nitrogens with one attached hydrogen (secondary N) is 1. The highest BCUT2D eigenvalue weighted by atomic mass is 32.2. The molecule has 0 saturated heterocycles. The van der Waals surface area contributed by atoms with Gasteiger partial charge < -0.3 is 9.73 Å². The van der Waals surface area contributed by atoms with Crippen molar-refractivity contribution >= 4 is 15.7 Å². The SMILES string of the molecule is CC(Nc1ccn(CCS(C)(=O)=O)n1)c1ncc(C(C)(C)C)o1. The third-order valence-corrected chi connectivity index (χ3v) is 4.25. The Morgan fingerprint density at radius 3 is 2.65 bits per heavy atom. The minimum Gasteiger partial charge on any atom is -0.443 e. The van der Waals surface area contributed by atoms with E-state index in [2.05, 4.69) is 36.2 Å². The van der Waals surface area contributed by atoms with Crippen molar-refractivity contribution in [2.24, 2.45) is 0 Å². The lowest BCUT2D eigenvalue weighted by Crippen LogP contribution is -2.12. The van der Waals surface area contributed by atoms with Gasteiger partial charge in [0.2, 0.25) is 5.89 Å². The summed E-state index contributed by atoms with van der Waals surface area (Å²) in [4.78, 5) is 4.31. The number of hydrogen-bond acceptors (Lipinski definition) is 6. The molecule has 2 aromatic heterocycles. The zero-order valence-electron chi connectivity index (χ0n) is 14.2. The molecule has 2 rings (SSSR count). The first kappa shape index (κ1) is 17.5. The van der Waals surface area contributed by atoms with Crippen LogP contribution < -0.4 is 5.32 Å². The van der Waals surface area contributed by atoms with Gasteiger partial charge in [-0.25, -0.2) is 13.4 Å². The van der Waals surface area contributed by atoms with E-state index >= 15 is 0 Å². The molecule has 0 amide bonds. The topological polar surface area (TPSA) is 90.0 Å². The molecule has 0 aliphatic rings. The lowest BCUT2D eigenvalue weighted by Gasteiger charge is -2.14.